The molecular weight excluding hydrogens is 200 g/mol. The van der Waals surface area contributed by atoms with Gasteiger partial charge in [-0.1, -0.05) is 12.1 Å². The van der Waals surface area contributed by atoms with Gasteiger partial charge in [0.15, 0.2) is 0 Å². The van der Waals surface area contributed by atoms with E-state index in [4.69, 9.17) is 5.73 Å². The molecule has 0 saturated carbocycles. The van der Waals surface area contributed by atoms with E-state index in [1.165, 1.54) is 0 Å². The van der Waals surface area contributed by atoms with Crippen molar-refractivity contribution in [3.8, 4) is 0 Å². The molecule has 1 aromatic carbocycles. The number of para-hydroxylation sites is 1. The second-order valence-electron chi connectivity index (χ2n) is 4.35. The Morgan fingerprint density at radius 2 is 2.25 bits per heavy atom. The highest BCUT2D eigenvalue weighted by atomic mass is 16.3. The number of hydrogen-bond donors (Lipinski definition) is 2. The summed E-state index contributed by atoms with van der Waals surface area (Å²) in [5.74, 6) is 0. The monoisotopic (exact) mass is 214 g/mol. The molecule has 0 bridgehead atoms. The number of pyridine rings is 1. The minimum Gasteiger partial charge on any atom is -0.397 e. The minimum atomic E-state index is -0.359. The number of aliphatic hydroxyl groups is 1. The summed E-state index contributed by atoms with van der Waals surface area (Å²) in [4.78, 5) is 4.58. The van der Waals surface area contributed by atoms with Crippen molar-refractivity contribution >= 4 is 16.6 Å². The van der Waals surface area contributed by atoms with Crippen LogP contribution in [0.5, 0.6) is 0 Å². The third-order valence-corrected chi connectivity index (χ3v) is 3.24. The van der Waals surface area contributed by atoms with Crippen LogP contribution in [0.3, 0.4) is 0 Å². The minimum absolute atomic E-state index is 0.359. The largest absolute Gasteiger partial charge is 0.397 e. The molecule has 3 heteroatoms. The molecular formula is C13H14N2O. The Bertz CT molecular complexity index is 551. The summed E-state index contributed by atoms with van der Waals surface area (Å²) < 4.78 is 0. The van der Waals surface area contributed by atoms with E-state index in [1.54, 1.807) is 0 Å². The maximum Gasteiger partial charge on any atom is 0.0934 e. The van der Waals surface area contributed by atoms with Gasteiger partial charge in [0.2, 0.25) is 0 Å². The highest BCUT2D eigenvalue weighted by Gasteiger charge is 2.19. The van der Waals surface area contributed by atoms with Gasteiger partial charge in [-0.3, -0.25) is 4.98 Å². The number of aryl methyl sites for hydroxylation is 1. The molecule has 1 unspecified atom stereocenters. The number of aliphatic hydroxyl groups excluding tert-OH is 1. The van der Waals surface area contributed by atoms with Crippen molar-refractivity contribution in [2.75, 3.05) is 5.73 Å². The zero-order chi connectivity index (χ0) is 11.1. The first-order chi connectivity index (χ1) is 7.75. The van der Waals surface area contributed by atoms with E-state index >= 15 is 0 Å². The molecule has 3 nitrogen and oxygen atoms in total. The van der Waals surface area contributed by atoms with Crippen LogP contribution in [0.15, 0.2) is 24.3 Å². The summed E-state index contributed by atoms with van der Waals surface area (Å²) in [7, 11) is 0. The summed E-state index contributed by atoms with van der Waals surface area (Å²) in [6.45, 7) is 0. The van der Waals surface area contributed by atoms with E-state index in [0.29, 0.717) is 5.69 Å². The van der Waals surface area contributed by atoms with Crippen molar-refractivity contribution in [2.24, 2.45) is 0 Å². The SMILES string of the molecule is Nc1cccc2cc3c(nc12)CCCC3O. The van der Waals surface area contributed by atoms with Crippen molar-refractivity contribution in [3.05, 3.63) is 35.5 Å². The first-order valence-electron chi connectivity index (χ1n) is 5.62. The van der Waals surface area contributed by atoms with Crippen LogP contribution in [0.4, 0.5) is 5.69 Å². The molecule has 0 spiro atoms. The molecule has 0 saturated heterocycles. The summed E-state index contributed by atoms with van der Waals surface area (Å²) in [5, 5.41) is 10.9. The smallest absolute Gasteiger partial charge is 0.0934 e. The molecule has 3 rings (SSSR count). The Labute approximate surface area is 93.9 Å². The van der Waals surface area contributed by atoms with Crippen LogP contribution < -0.4 is 5.73 Å². The van der Waals surface area contributed by atoms with E-state index in [-0.39, 0.29) is 6.10 Å². The molecule has 82 valence electrons. The number of nitrogens with two attached hydrogens (primary N) is 1. The number of aromatic nitrogens is 1. The number of nitrogen functional groups attached to an aromatic ring is 1. The lowest BCUT2D eigenvalue weighted by atomic mass is 9.92. The quantitative estimate of drug-likeness (QED) is 0.661. The average molecular weight is 214 g/mol. The topological polar surface area (TPSA) is 59.1 Å². The number of rotatable bonds is 0. The zero-order valence-electron chi connectivity index (χ0n) is 8.98. The van der Waals surface area contributed by atoms with Crippen molar-refractivity contribution in [1.29, 1.82) is 0 Å². The average Bonchev–Trinajstić information content (AvgIpc) is 2.29. The maximum atomic E-state index is 9.92. The molecule has 1 atom stereocenters. The molecule has 3 N–H and O–H groups in total. The molecule has 1 aliphatic rings. The van der Waals surface area contributed by atoms with Crippen LogP contribution in [0.2, 0.25) is 0 Å². The fourth-order valence-electron chi connectivity index (χ4n) is 2.38. The van der Waals surface area contributed by atoms with Gasteiger partial charge < -0.3 is 10.8 Å². The number of benzene rings is 1. The fourth-order valence-corrected chi connectivity index (χ4v) is 2.38. The second-order valence-corrected chi connectivity index (χ2v) is 4.35. The van der Waals surface area contributed by atoms with Crippen molar-refractivity contribution < 1.29 is 5.11 Å². The molecule has 1 aromatic heterocycles. The van der Waals surface area contributed by atoms with Crippen LogP contribution in [-0.4, -0.2) is 10.1 Å². The van der Waals surface area contributed by atoms with Crippen LogP contribution in [0.1, 0.15) is 30.2 Å². The standard InChI is InChI=1S/C13H14N2O/c14-10-4-1-3-8-7-9-11(15-13(8)10)5-2-6-12(9)16/h1,3-4,7,12,16H,2,5-6,14H2. The fraction of sp³-hybridized carbons (Fsp3) is 0.308. The van der Waals surface area contributed by atoms with E-state index in [1.807, 2.05) is 24.3 Å². The number of fused-ring (bicyclic) bond motifs is 2. The first kappa shape index (κ1) is 9.60. The first-order valence-corrected chi connectivity index (χ1v) is 5.62. The lowest BCUT2D eigenvalue weighted by molar-refractivity contribution is 0.156. The molecule has 0 amide bonds. The van der Waals surface area contributed by atoms with Gasteiger partial charge in [-0.2, -0.15) is 0 Å². The van der Waals surface area contributed by atoms with Gasteiger partial charge in [0, 0.05) is 16.6 Å². The van der Waals surface area contributed by atoms with Crippen LogP contribution in [0, 0.1) is 0 Å². The second kappa shape index (κ2) is 3.46. The van der Waals surface area contributed by atoms with Crippen LogP contribution >= 0.6 is 0 Å². The van der Waals surface area contributed by atoms with Crippen LogP contribution in [-0.2, 0) is 6.42 Å². The maximum absolute atomic E-state index is 9.92. The Balaban J connectivity index is 2.30. The normalized spacial score (nSPS) is 19.7. The lowest BCUT2D eigenvalue weighted by Crippen LogP contribution is -2.11. The number of anilines is 1. The predicted molar refractivity (Wildman–Crippen MR) is 64.1 cm³/mol. The Morgan fingerprint density at radius 1 is 1.38 bits per heavy atom. The number of nitrogens with zero attached hydrogens (tertiary/aromatic N) is 1. The Hall–Kier alpha value is -1.61. The molecule has 2 aromatic rings. The van der Waals surface area contributed by atoms with Crippen LogP contribution in [0.25, 0.3) is 10.9 Å². The summed E-state index contributed by atoms with van der Waals surface area (Å²) in [6.07, 6.45) is 2.42. The van der Waals surface area contributed by atoms with Crippen molar-refractivity contribution in [2.45, 2.75) is 25.4 Å². The van der Waals surface area contributed by atoms with Gasteiger partial charge in [0.05, 0.1) is 17.3 Å². The number of hydrogen-bond acceptors (Lipinski definition) is 3. The van der Waals surface area contributed by atoms with Gasteiger partial charge in [0.1, 0.15) is 0 Å². The molecule has 0 radical (unpaired) electrons. The molecule has 16 heavy (non-hydrogen) atoms. The summed E-state index contributed by atoms with van der Waals surface area (Å²) in [6, 6.07) is 7.79. The summed E-state index contributed by atoms with van der Waals surface area (Å²) >= 11 is 0. The molecule has 1 aliphatic carbocycles. The van der Waals surface area contributed by atoms with Gasteiger partial charge in [-0.25, -0.2) is 0 Å². The third-order valence-electron chi connectivity index (χ3n) is 3.24. The third kappa shape index (κ3) is 1.36. The van der Waals surface area contributed by atoms with Gasteiger partial charge in [0.25, 0.3) is 0 Å². The highest BCUT2D eigenvalue weighted by Crippen LogP contribution is 2.32. The van der Waals surface area contributed by atoms with Gasteiger partial charge in [-0.05, 0) is 31.4 Å². The zero-order valence-corrected chi connectivity index (χ0v) is 8.98. The van der Waals surface area contributed by atoms with E-state index < -0.39 is 0 Å². The molecule has 0 fully saturated rings. The lowest BCUT2D eigenvalue weighted by Gasteiger charge is -2.21. The Kier molecular flexibility index (Phi) is 2.07. The van der Waals surface area contributed by atoms with E-state index in [2.05, 4.69) is 4.98 Å². The van der Waals surface area contributed by atoms with Gasteiger partial charge >= 0.3 is 0 Å². The van der Waals surface area contributed by atoms with E-state index in [0.717, 1.165) is 41.4 Å². The summed E-state index contributed by atoms with van der Waals surface area (Å²) in [5.41, 5.74) is 9.44. The van der Waals surface area contributed by atoms with E-state index in [9.17, 15) is 5.11 Å². The molecule has 1 heterocycles. The van der Waals surface area contributed by atoms with Crippen molar-refractivity contribution in [1.82, 2.24) is 4.98 Å². The predicted octanol–water partition coefficient (Wildman–Crippen LogP) is 2.19. The highest BCUT2D eigenvalue weighted by molar-refractivity contribution is 5.89. The molecule has 0 aliphatic heterocycles. The Morgan fingerprint density at radius 3 is 3.12 bits per heavy atom. The van der Waals surface area contributed by atoms with Gasteiger partial charge in [-0.15, -0.1) is 0 Å². The van der Waals surface area contributed by atoms with Crippen molar-refractivity contribution in [3.63, 3.8) is 0 Å².